The van der Waals surface area contributed by atoms with Crippen molar-refractivity contribution in [1.82, 2.24) is 10.6 Å². The topological polar surface area (TPSA) is 104 Å². The van der Waals surface area contributed by atoms with E-state index < -0.39 is 32.5 Å². The molecule has 2 amide bonds. The van der Waals surface area contributed by atoms with Crippen molar-refractivity contribution in [2.24, 2.45) is 0 Å². The fourth-order valence-electron chi connectivity index (χ4n) is 4.36. The van der Waals surface area contributed by atoms with Crippen molar-refractivity contribution < 1.29 is 18.9 Å². The van der Waals surface area contributed by atoms with Gasteiger partial charge in [0.2, 0.25) is 0 Å². The van der Waals surface area contributed by atoms with Crippen LogP contribution in [0.25, 0.3) is 0 Å². The third kappa shape index (κ3) is 5.65. The Bertz CT molecular complexity index is 546. The van der Waals surface area contributed by atoms with E-state index in [2.05, 4.69) is 10.6 Å². The van der Waals surface area contributed by atoms with Crippen LogP contribution < -0.4 is 10.6 Å². The van der Waals surface area contributed by atoms with Crippen LogP contribution in [0.5, 0.6) is 0 Å². The summed E-state index contributed by atoms with van der Waals surface area (Å²) in [5.41, 5.74) is -0.802. The molecule has 2 aliphatic heterocycles. The Kier molecular flexibility index (Phi) is 6.50. The zero-order chi connectivity index (χ0) is 21.4. The lowest BCUT2D eigenvalue weighted by Crippen LogP contribution is -2.62. The lowest BCUT2D eigenvalue weighted by Gasteiger charge is -2.49. The molecular weight excluding hydrogens is 360 g/mol. The lowest BCUT2D eigenvalue weighted by atomic mass is 10.1. The molecule has 0 saturated carbocycles. The van der Waals surface area contributed by atoms with E-state index in [9.17, 15) is 20.0 Å². The molecule has 2 heterocycles. The predicted octanol–water partition coefficient (Wildman–Crippen LogP) is 1.77. The van der Waals surface area contributed by atoms with Gasteiger partial charge in [0.1, 0.15) is 13.1 Å². The quantitative estimate of drug-likeness (QED) is 0.544. The highest BCUT2D eigenvalue weighted by atomic mass is 16.6. The molecule has 0 aromatic heterocycles. The summed E-state index contributed by atoms with van der Waals surface area (Å²) in [6.07, 6.45) is 2.44. The van der Waals surface area contributed by atoms with Gasteiger partial charge in [-0.2, -0.15) is 0 Å². The Morgan fingerprint density at radius 1 is 0.786 bits per heavy atom. The maximum Gasteiger partial charge on any atom is 0.279 e. The van der Waals surface area contributed by atoms with Crippen molar-refractivity contribution in [3.8, 4) is 0 Å². The number of nitrogens with one attached hydrogen (secondary N) is 2. The fraction of sp³-hybridized carbons (Fsp3) is 0.900. The minimum Gasteiger partial charge on any atom is -0.632 e. The molecule has 8 nitrogen and oxygen atoms in total. The van der Waals surface area contributed by atoms with Gasteiger partial charge in [0.05, 0.1) is 13.1 Å². The predicted molar refractivity (Wildman–Crippen MR) is 109 cm³/mol. The minimum atomic E-state index is -0.671. The van der Waals surface area contributed by atoms with Crippen molar-refractivity contribution in [3.05, 3.63) is 10.4 Å². The summed E-state index contributed by atoms with van der Waals surface area (Å²) in [7, 11) is 0. The molecule has 2 rings (SSSR count). The summed E-state index contributed by atoms with van der Waals surface area (Å²) in [6, 6.07) is -1.34. The SMILES string of the molecule is CC(C)(C)NC(=O)[C@@H]1CCC[N+]1([O-])CC[N+]1([O-])CCC[C@H]1C(=O)NC(C)(C)C. The molecule has 4 atom stereocenters. The highest BCUT2D eigenvalue weighted by Gasteiger charge is 2.45. The molecule has 0 aromatic carbocycles. The second-order valence-corrected chi connectivity index (χ2v) is 10.6. The van der Waals surface area contributed by atoms with Gasteiger partial charge in [-0.1, -0.05) is 0 Å². The molecule has 28 heavy (non-hydrogen) atoms. The fourth-order valence-corrected chi connectivity index (χ4v) is 4.36. The number of carbonyl (C=O) groups is 2. The molecule has 2 aliphatic rings. The average Bonchev–Trinajstić information content (AvgIpc) is 3.06. The highest BCUT2D eigenvalue weighted by Crippen LogP contribution is 2.31. The molecule has 0 aromatic rings. The summed E-state index contributed by atoms with van der Waals surface area (Å²) in [5, 5.41) is 32.6. The Morgan fingerprint density at radius 3 is 1.39 bits per heavy atom. The monoisotopic (exact) mass is 398 g/mol. The first-order valence-corrected chi connectivity index (χ1v) is 10.4. The van der Waals surface area contributed by atoms with Crippen LogP contribution >= 0.6 is 0 Å². The molecule has 2 N–H and O–H groups in total. The van der Waals surface area contributed by atoms with E-state index in [0.29, 0.717) is 38.8 Å². The summed E-state index contributed by atoms with van der Waals surface area (Å²) >= 11 is 0. The number of rotatable bonds is 5. The van der Waals surface area contributed by atoms with Crippen LogP contribution in [0.2, 0.25) is 0 Å². The van der Waals surface area contributed by atoms with Crippen LogP contribution in [0.1, 0.15) is 67.2 Å². The Hall–Kier alpha value is -1.22. The number of hydrogen-bond donors (Lipinski definition) is 2. The third-order valence-corrected chi connectivity index (χ3v) is 5.62. The van der Waals surface area contributed by atoms with Gasteiger partial charge < -0.3 is 30.3 Å². The first-order chi connectivity index (χ1) is 12.7. The molecule has 0 radical (unpaired) electrons. The number of hydrogen-bond acceptors (Lipinski definition) is 4. The van der Waals surface area contributed by atoms with Crippen molar-refractivity contribution in [1.29, 1.82) is 0 Å². The summed E-state index contributed by atoms with van der Waals surface area (Å²) in [6.45, 7) is 12.2. The van der Waals surface area contributed by atoms with Gasteiger partial charge >= 0.3 is 0 Å². The molecule has 0 spiro atoms. The summed E-state index contributed by atoms with van der Waals surface area (Å²) < 4.78 is -1.31. The van der Waals surface area contributed by atoms with Gasteiger partial charge in [-0.15, -0.1) is 0 Å². The van der Waals surface area contributed by atoms with E-state index in [-0.39, 0.29) is 24.9 Å². The van der Waals surface area contributed by atoms with Crippen LogP contribution in [0.4, 0.5) is 0 Å². The van der Waals surface area contributed by atoms with Crippen LogP contribution in [0.3, 0.4) is 0 Å². The van der Waals surface area contributed by atoms with Gasteiger partial charge in [-0.3, -0.25) is 9.59 Å². The molecule has 8 heteroatoms. The largest absolute Gasteiger partial charge is 0.632 e. The first kappa shape index (κ1) is 23.1. The van der Waals surface area contributed by atoms with E-state index in [1.807, 2.05) is 41.5 Å². The highest BCUT2D eigenvalue weighted by molar-refractivity contribution is 5.82. The van der Waals surface area contributed by atoms with Gasteiger partial charge in [-0.25, -0.2) is 0 Å². The van der Waals surface area contributed by atoms with E-state index in [1.54, 1.807) is 0 Å². The van der Waals surface area contributed by atoms with Crippen molar-refractivity contribution in [2.45, 2.75) is 90.4 Å². The van der Waals surface area contributed by atoms with Crippen LogP contribution in [-0.4, -0.2) is 70.4 Å². The van der Waals surface area contributed by atoms with Crippen LogP contribution in [-0.2, 0) is 9.59 Å². The number of hydroxylamine groups is 6. The molecule has 2 saturated heterocycles. The smallest absolute Gasteiger partial charge is 0.279 e. The molecule has 0 aliphatic carbocycles. The van der Waals surface area contributed by atoms with Gasteiger partial charge in [0, 0.05) is 36.8 Å². The number of likely N-dealkylation sites (tertiary alicyclic amines) is 2. The normalized spacial score (nSPS) is 33.7. The van der Waals surface area contributed by atoms with Crippen molar-refractivity contribution in [2.75, 3.05) is 26.2 Å². The second kappa shape index (κ2) is 7.89. The molecule has 2 unspecified atom stereocenters. The van der Waals surface area contributed by atoms with Crippen LogP contribution in [0.15, 0.2) is 0 Å². The average molecular weight is 399 g/mol. The van der Waals surface area contributed by atoms with E-state index in [0.717, 1.165) is 0 Å². The number of amides is 2. The minimum absolute atomic E-state index is 0.0744. The number of carbonyl (C=O) groups excluding carboxylic acids is 2. The maximum atomic E-state index is 13.4. The maximum absolute atomic E-state index is 13.4. The first-order valence-electron chi connectivity index (χ1n) is 10.4. The Morgan fingerprint density at radius 2 is 1.11 bits per heavy atom. The Balaban J connectivity index is 2.05. The van der Waals surface area contributed by atoms with Crippen molar-refractivity contribution in [3.63, 3.8) is 0 Å². The van der Waals surface area contributed by atoms with E-state index in [1.165, 1.54) is 0 Å². The third-order valence-electron chi connectivity index (χ3n) is 5.62. The van der Waals surface area contributed by atoms with Crippen LogP contribution in [0, 0.1) is 10.4 Å². The standard InChI is InChI=1S/C20H38N4O4/c1-19(2,3)21-17(25)15-9-7-11-23(15,27)13-14-24(28)12-8-10-16(24)18(26)22-20(4,5)6/h15-16H,7-14H2,1-6H3,(H,21,25)(H,22,26)/t15-,16-,23?,24?/m0/s1. The Labute approximate surface area is 169 Å². The molecule has 0 bridgehead atoms. The number of nitrogens with zero attached hydrogens (tertiary/aromatic N) is 2. The van der Waals surface area contributed by atoms with Crippen molar-refractivity contribution >= 4 is 11.8 Å². The summed E-state index contributed by atoms with van der Waals surface area (Å²) in [5.74, 6) is -0.471. The zero-order valence-corrected chi connectivity index (χ0v) is 18.3. The summed E-state index contributed by atoms with van der Waals surface area (Å²) in [4.78, 5) is 25.2. The van der Waals surface area contributed by atoms with Gasteiger partial charge in [0.15, 0.2) is 12.1 Å². The second-order valence-electron chi connectivity index (χ2n) is 10.6. The lowest BCUT2D eigenvalue weighted by molar-refractivity contribution is -0.939. The molecular formula is C20H38N4O4. The zero-order valence-electron chi connectivity index (χ0n) is 18.3. The van der Waals surface area contributed by atoms with E-state index in [4.69, 9.17) is 0 Å². The molecule has 2 fully saturated rings. The van der Waals surface area contributed by atoms with Gasteiger partial charge in [-0.05, 0) is 41.5 Å². The van der Waals surface area contributed by atoms with E-state index >= 15 is 0 Å². The molecule has 162 valence electrons. The van der Waals surface area contributed by atoms with Gasteiger partial charge in [0.25, 0.3) is 11.8 Å². The number of quaternary nitrogens is 2.